The number of H-pyrrole nitrogens is 1. The smallest absolute Gasteiger partial charge is 0.352 e. The van der Waals surface area contributed by atoms with Crippen LogP contribution in [0.1, 0.15) is 29.9 Å². The van der Waals surface area contributed by atoms with Crippen molar-refractivity contribution in [1.82, 2.24) is 4.98 Å². The van der Waals surface area contributed by atoms with Crippen molar-refractivity contribution in [3.05, 3.63) is 47.7 Å². The number of aromatic amines is 1. The minimum absolute atomic E-state index is 0.219. The Labute approximate surface area is 106 Å². The standard InChI is InChI=1S/C15H17NO2/c1-10(2)9-11-3-5-12(6-4-11)13-7-8-14(16-13)15(17)18/h3-8,10,16H,9H2,1-2H3,(H,17,18). The molecule has 0 unspecified atom stereocenters. The molecule has 0 saturated carbocycles. The first kappa shape index (κ1) is 12.4. The van der Waals surface area contributed by atoms with E-state index in [1.807, 2.05) is 12.1 Å². The second-order valence-corrected chi connectivity index (χ2v) is 4.89. The molecule has 2 aromatic rings. The molecule has 0 fully saturated rings. The van der Waals surface area contributed by atoms with Crippen molar-refractivity contribution in [2.24, 2.45) is 5.92 Å². The van der Waals surface area contributed by atoms with Crippen LogP contribution in [0.15, 0.2) is 36.4 Å². The van der Waals surface area contributed by atoms with Gasteiger partial charge in [-0.1, -0.05) is 38.1 Å². The van der Waals surface area contributed by atoms with E-state index in [2.05, 4.69) is 31.0 Å². The third-order valence-corrected chi connectivity index (χ3v) is 2.83. The fourth-order valence-corrected chi connectivity index (χ4v) is 1.98. The van der Waals surface area contributed by atoms with Gasteiger partial charge in [0.15, 0.2) is 0 Å². The van der Waals surface area contributed by atoms with Gasteiger partial charge in [-0.25, -0.2) is 4.79 Å². The molecule has 94 valence electrons. The maximum Gasteiger partial charge on any atom is 0.352 e. The fourth-order valence-electron chi connectivity index (χ4n) is 1.98. The zero-order valence-corrected chi connectivity index (χ0v) is 10.6. The van der Waals surface area contributed by atoms with Crippen LogP contribution in [-0.4, -0.2) is 16.1 Å². The van der Waals surface area contributed by atoms with Crippen molar-refractivity contribution in [2.45, 2.75) is 20.3 Å². The van der Waals surface area contributed by atoms with Crippen molar-refractivity contribution in [2.75, 3.05) is 0 Å². The summed E-state index contributed by atoms with van der Waals surface area (Å²) in [6, 6.07) is 11.6. The lowest BCUT2D eigenvalue weighted by Crippen LogP contribution is -1.96. The van der Waals surface area contributed by atoms with E-state index in [-0.39, 0.29) is 5.69 Å². The van der Waals surface area contributed by atoms with E-state index in [0.29, 0.717) is 5.92 Å². The summed E-state index contributed by atoms with van der Waals surface area (Å²) in [5, 5.41) is 8.86. The zero-order valence-electron chi connectivity index (χ0n) is 10.6. The Balaban J connectivity index is 2.20. The van der Waals surface area contributed by atoms with E-state index in [4.69, 9.17) is 5.11 Å². The Morgan fingerprint density at radius 2 is 1.83 bits per heavy atom. The van der Waals surface area contributed by atoms with Gasteiger partial charge in [0.25, 0.3) is 0 Å². The number of rotatable bonds is 4. The summed E-state index contributed by atoms with van der Waals surface area (Å²) in [5.41, 5.74) is 3.37. The predicted octanol–water partition coefficient (Wildman–Crippen LogP) is 3.58. The maximum absolute atomic E-state index is 10.8. The highest BCUT2D eigenvalue weighted by molar-refractivity contribution is 5.86. The van der Waals surface area contributed by atoms with Crippen LogP contribution in [0.5, 0.6) is 0 Å². The first-order chi connectivity index (χ1) is 8.56. The first-order valence-electron chi connectivity index (χ1n) is 6.08. The molecule has 0 aliphatic carbocycles. The van der Waals surface area contributed by atoms with Gasteiger partial charge in [0.2, 0.25) is 0 Å². The van der Waals surface area contributed by atoms with Crippen molar-refractivity contribution in [3.63, 3.8) is 0 Å². The summed E-state index contributed by atoms with van der Waals surface area (Å²) >= 11 is 0. The first-order valence-corrected chi connectivity index (χ1v) is 6.08. The van der Waals surface area contributed by atoms with Crippen molar-refractivity contribution < 1.29 is 9.90 Å². The highest BCUT2D eigenvalue weighted by atomic mass is 16.4. The van der Waals surface area contributed by atoms with E-state index in [9.17, 15) is 4.79 Å². The van der Waals surface area contributed by atoms with Crippen molar-refractivity contribution >= 4 is 5.97 Å². The largest absolute Gasteiger partial charge is 0.477 e. The lowest BCUT2D eigenvalue weighted by Gasteiger charge is -2.05. The van der Waals surface area contributed by atoms with E-state index in [0.717, 1.165) is 17.7 Å². The molecular formula is C15H17NO2. The zero-order chi connectivity index (χ0) is 13.1. The Kier molecular flexibility index (Phi) is 3.51. The molecule has 0 amide bonds. The van der Waals surface area contributed by atoms with Gasteiger partial charge in [-0.3, -0.25) is 0 Å². The van der Waals surface area contributed by atoms with Crippen LogP contribution in [0, 0.1) is 5.92 Å². The van der Waals surface area contributed by atoms with Gasteiger partial charge in [0, 0.05) is 5.69 Å². The summed E-state index contributed by atoms with van der Waals surface area (Å²) in [5.74, 6) is -0.294. The molecule has 1 aromatic heterocycles. The molecule has 0 radical (unpaired) electrons. The average molecular weight is 243 g/mol. The third kappa shape index (κ3) is 2.80. The number of hydrogen-bond donors (Lipinski definition) is 2. The minimum Gasteiger partial charge on any atom is -0.477 e. The fraction of sp³-hybridized carbons (Fsp3) is 0.267. The molecule has 0 aliphatic heterocycles. The van der Waals surface area contributed by atoms with E-state index in [1.165, 1.54) is 5.56 Å². The molecule has 18 heavy (non-hydrogen) atoms. The third-order valence-electron chi connectivity index (χ3n) is 2.83. The minimum atomic E-state index is -0.933. The van der Waals surface area contributed by atoms with Crippen LogP contribution in [0.3, 0.4) is 0 Å². The highest BCUT2D eigenvalue weighted by Crippen LogP contribution is 2.20. The Morgan fingerprint density at radius 3 is 2.33 bits per heavy atom. The molecule has 1 aromatic carbocycles. The second-order valence-electron chi connectivity index (χ2n) is 4.89. The molecule has 3 nitrogen and oxygen atoms in total. The second kappa shape index (κ2) is 5.08. The summed E-state index contributed by atoms with van der Waals surface area (Å²) < 4.78 is 0. The summed E-state index contributed by atoms with van der Waals surface area (Å²) in [6.45, 7) is 4.38. The van der Waals surface area contributed by atoms with Gasteiger partial charge in [0.1, 0.15) is 5.69 Å². The number of nitrogens with one attached hydrogen (secondary N) is 1. The quantitative estimate of drug-likeness (QED) is 0.862. The number of aromatic carboxylic acids is 1. The summed E-state index contributed by atoms with van der Waals surface area (Å²) in [6.07, 6.45) is 1.06. The Bertz CT molecular complexity index is 538. The molecule has 0 spiro atoms. The van der Waals surface area contributed by atoms with Crippen molar-refractivity contribution in [3.8, 4) is 11.3 Å². The number of carboxylic acids is 1. The van der Waals surface area contributed by atoms with Crippen LogP contribution in [0.2, 0.25) is 0 Å². The number of hydrogen-bond acceptors (Lipinski definition) is 1. The van der Waals surface area contributed by atoms with E-state index in [1.54, 1.807) is 12.1 Å². The molecule has 0 aliphatic rings. The molecule has 0 saturated heterocycles. The van der Waals surface area contributed by atoms with Gasteiger partial charge in [-0.2, -0.15) is 0 Å². The highest BCUT2D eigenvalue weighted by Gasteiger charge is 2.07. The SMILES string of the molecule is CC(C)Cc1ccc(-c2ccc(C(=O)O)[nH]2)cc1. The molecule has 0 atom stereocenters. The van der Waals surface area contributed by atoms with Crippen LogP contribution < -0.4 is 0 Å². The summed E-state index contributed by atoms with van der Waals surface area (Å²) in [4.78, 5) is 13.7. The lowest BCUT2D eigenvalue weighted by atomic mass is 10.0. The lowest BCUT2D eigenvalue weighted by molar-refractivity contribution is 0.0691. The molecule has 0 bridgehead atoms. The number of carboxylic acid groups (broad SMARTS) is 1. The number of benzene rings is 1. The topological polar surface area (TPSA) is 53.1 Å². The Hall–Kier alpha value is -2.03. The van der Waals surface area contributed by atoms with Crippen LogP contribution in [0.25, 0.3) is 11.3 Å². The predicted molar refractivity (Wildman–Crippen MR) is 71.7 cm³/mol. The molecule has 1 heterocycles. The van der Waals surface area contributed by atoms with E-state index >= 15 is 0 Å². The van der Waals surface area contributed by atoms with Gasteiger partial charge < -0.3 is 10.1 Å². The maximum atomic E-state index is 10.8. The van der Waals surface area contributed by atoms with Gasteiger partial charge in [-0.15, -0.1) is 0 Å². The molecule has 2 N–H and O–H groups in total. The van der Waals surface area contributed by atoms with Crippen LogP contribution >= 0.6 is 0 Å². The van der Waals surface area contributed by atoms with Crippen LogP contribution in [0.4, 0.5) is 0 Å². The van der Waals surface area contributed by atoms with Gasteiger partial charge >= 0.3 is 5.97 Å². The normalized spacial score (nSPS) is 10.8. The molecule has 2 rings (SSSR count). The monoisotopic (exact) mass is 243 g/mol. The van der Waals surface area contributed by atoms with Crippen LogP contribution in [-0.2, 0) is 6.42 Å². The average Bonchev–Trinajstić information content (AvgIpc) is 2.78. The molecule has 3 heteroatoms. The van der Waals surface area contributed by atoms with Gasteiger partial charge in [-0.05, 0) is 35.6 Å². The van der Waals surface area contributed by atoms with E-state index < -0.39 is 5.97 Å². The number of aromatic nitrogens is 1. The van der Waals surface area contributed by atoms with Gasteiger partial charge in [0.05, 0.1) is 0 Å². The molecular weight excluding hydrogens is 226 g/mol. The summed E-state index contributed by atoms with van der Waals surface area (Å²) in [7, 11) is 0. The Morgan fingerprint density at radius 1 is 1.17 bits per heavy atom. The number of carbonyl (C=O) groups is 1. The van der Waals surface area contributed by atoms with Crippen molar-refractivity contribution in [1.29, 1.82) is 0 Å².